The van der Waals surface area contributed by atoms with Crippen molar-refractivity contribution in [2.75, 3.05) is 5.01 Å². The molecule has 4 rings (SSSR count). The molecule has 0 aliphatic rings. The van der Waals surface area contributed by atoms with E-state index in [0.717, 1.165) is 5.01 Å². The quantitative estimate of drug-likeness (QED) is 0.0925. The second-order valence-corrected chi connectivity index (χ2v) is 7.52. The van der Waals surface area contributed by atoms with E-state index in [-0.39, 0.29) is 55.1 Å². The molecule has 1 amide bonds. The van der Waals surface area contributed by atoms with Gasteiger partial charge in [-0.3, -0.25) is 9.59 Å². The number of benzene rings is 2. The molecule has 2 aromatic carbocycles. The van der Waals surface area contributed by atoms with E-state index in [4.69, 9.17) is 5.84 Å². The number of aromatic hydroxyl groups is 1. The molecule has 0 aliphatic heterocycles. The lowest BCUT2D eigenvalue weighted by atomic mass is 9.99. The summed E-state index contributed by atoms with van der Waals surface area (Å²) in [7, 11) is 3.74. The highest BCUT2D eigenvalue weighted by Gasteiger charge is 2.21. The first-order valence-electron chi connectivity index (χ1n) is 9.71. The topological polar surface area (TPSA) is 101 Å². The number of hydrazine groups is 1. The fraction of sp³-hybridized carbons (Fsp3) is 0.182. The Morgan fingerprint density at radius 3 is 2.12 bits per heavy atom. The standard InChI is InChI=1S/C22H23N6O3.2ClH/c1-24-8-10-26(14-24)12-20(29)17-4-3-5-18-16(17)6-7-19(22(18)31)28(23)21(30)13-27-11-9-25(2)15-27;;/h3-11,14-15H,12-13,23H2,1-2H3;2*1H/q+1;;/p-1. The zero-order valence-electron chi connectivity index (χ0n) is 18.1. The summed E-state index contributed by atoms with van der Waals surface area (Å²) in [6.07, 6.45) is 10.8. The molecule has 0 unspecified atom stereocenters. The number of aromatic nitrogens is 4. The van der Waals surface area contributed by atoms with Gasteiger partial charge in [-0.15, -0.1) is 0 Å². The van der Waals surface area contributed by atoms with Crippen molar-refractivity contribution in [3.8, 4) is 5.75 Å². The zero-order valence-corrected chi connectivity index (χ0v) is 19.6. The smallest absolute Gasteiger partial charge is 0.283 e. The van der Waals surface area contributed by atoms with Gasteiger partial charge in [0.05, 0.1) is 14.1 Å². The molecule has 0 saturated heterocycles. The number of carbonyl (C=O) groups is 2. The van der Waals surface area contributed by atoms with Crippen LogP contribution in [0.3, 0.4) is 0 Å². The Morgan fingerprint density at radius 2 is 1.55 bits per heavy atom. The molecule has 2 aromatic heterocycles. The maximum atomic E-state index is 12.9. The number of rotatable bonds is 6. The van der Waals surface area contributed by atoms with Crippen LogP contribution in [-0.4, -0.2) is 25.9 Å². The number of fused-ring (bicyclic) bond motifs is 1. The number of hydrogen-bond acceptors (Lipinski definition) is 4. The lowest BCUT2D eigenvalue weighted by molar-refractivity contribution is -0.671. The van der Waals surface area contributed by atoms with E-state index in [2.05, 4.69) is 0 Å². The van der Waals surface area contributed by atoms with E-state index in [9.17, 15) is 14.7 Å². The highest BCUT2D eigenvalue weighted by Crippen LogP contribution is 2.35. The summed E-state index contributed by atoms with van der Waals surface area (Å²) in [5.74, 6) is 5.40. The van der Waals surface area contributed by atoms with Crippen molar-refractivity contribution >= 4 is 28.2 Å². The van der Waals surface area contributed by atoms with Crippen LogP contribution in [0.15, 0.2) is 67.8 Å². The molecular formula is C22H24Cl2N6O3. The van der Waals surface area contributed by atoms with Gasteiger partial charge < -0.3 is 29.9 Å². The molecule has 3 N–H and O–H groups in total. The molecule has 174 valence electrons. The second kappa shape index (κ2) is 10.5. The van der Waals surface area contributed by atoms with Crippen LogP contribution in [0.2, 0.25) is 0 Å². The molecular weight excluding hydrogens is 467 g/mol. The van der Waals surface area contributed by atoms with Gasteiger partial charge >= 0.3 is 0 Å². The van der Waals surface area contributed by atoms with Gasteiger partial charge in [-0.05, 0) is 11.5 Å². The first-order chi connectivity index (χ1) is 14.8. The van der Waals surface area contributed by atoms with Crippen LogP contribution >= 0.6 is 0 Å². The van der Waals surface area contributed by atoms with Crippen molar-refractivity contribution in [3.63, 3.8) is 0 Å². The van der Waals surface area contributed by atoms with Gasteiger partial charge in [0.1, 0.15) is 36.2 Å². The predicted octanol–water partition coefficient (Wildman–Crippen LogP) is -5.40. The number of imidazole rings is 2. The summed E-state index contributed by atoms with van der Waals surface area (Å²) in [4.78, 5) is 25.5. The van der Waals surface area contributed by atoms with E-state index in [1.54, 1.807) is 52.0 Å². The van der Waals surface area contributed by atoms with Gasteiger partial charge in [-0.1, -0.05) is 24.3 Å². The molecule has 0 bridgehead atoms. The SMILES string of the molecule is C[n+]1ccn(CC(=O)c2cccc3c(O)c(N(N)C(=O)Cn4cc[n+](C)c4)ccc23)c1.[Cl-].[Cl-]. The number of nitrogens with two attached hydrogens (primary N) is 1. The Morgan fingerprint density at radius 1 is 0.939 bits per heavy atom. The minimum atomic E-state index is -0.390. The van der Waals surface area contributed by atoms with Crippen LogP contribution in [0.4, 0.5) is 5.69 Å². The van der Waals surface area contributed by atoms with Crippen molar-refractivity contribution in [1.29, 1.82) is 0 Å². The van der Waals surface area contributed by atoms with Gasteiger partial charge in [0.2, 0.25) is 18.4 Å². The molecule has 11 heteroatoms. The second-order valence-electron chi connectivity index (χ2n) is 7.52. The molecule has 0 atom stereocenters. The number of aryl methyl sites for hydroxylation is 2. The number of Topliss-reactive ketones (excluding diaryl/α,β-unsaturated/α-hetero) is 1. The molecule has 0 aliphatic carbocycles. The van der Waals surface area contributed by atoms with Crippen LogP contribution in [0, 0.1) is 0 Å². The van der Waals surface area contributed by atoms with Crippen molar-refractivity contribution in [2.45, 2.75) is 13.1 Å². The Kier molecular flexibility index (Phi) is 8.21. The maximum absolute atomic E-state index is 12.9. The minimum Gasteiger partial charge on any atom is -1.00 e. The Bertz CT molecular complexity index is 1300. The number of hydrogen-bond donors (Lipinski definition) is 2. The molecule has 0 fully saturated rings. The third kappa shape index (κ3) is 5.33. The number of phenolic OH excluding ortho intramolecular Hbond substituents is 1. The number of carbonyl (C=O) groups excluding carboxylic acids is 2. The molecule has 0 saturated carbocycles. The molecule has 33 heavy (non-hydrogen) atoms. The van der Waals surface area contributed by atoms with Crippen LogP contribution < -0.4 is 44.8 Å². The van der Waals surface area contributed by atoms with Gasteiger partial charge in [0.15, 0.2) is 13.1 Å². The summed E-state index contributed by atoms with van der Waals surface area (Å²) in [5, 5.41) is 12.8. The van der Waals surface area contributed by atoms with Gasteiger partial charge in [0.25, 0.3) is 5.91 Å². The summed E-state index contributed by atoms with van der Waals surface area (Å²) in [6, 6.07) is 8.39. The number of nitrogens with zero attached hydrogens (tertiary/aromatic N) is 5. The van der Waals surface area contributed by atoms with Crippen molar-refractivity contribution in [1.82, 2.24) is 9.13 Å². The van der Waals surface area contributed by atoms with Crippen molar-refractivity contribution in [3.05, 3.63) is 73.3 Å². The average molecular weight is 491 g/mol. The summed E-state index contributed by atoms with van der Waals surface area (Å²) < 4.78 is 7.15. The average Bonchev–Trinajstić information content (AvgIpc) is 3.34. The summed E-state index contributed by atoms with van der Waals surface area (Å²) in [5.41, 5.74) is 0.668. The molecule has 2 heterocycles. The molecule has 9 nitrogen and oxygen atoms in total. The van der Waals surface area contributed by atoms with Gasteiger partial charge in [-0.2, -0.15) is 0 Å². The van der Waals surface area contributed by atoms with E-state index >= 15 is 0 Å². The number of anilines is 1. The summed E-state index contributed by atoms with van der Waals surface area (Å²) in [6.45, 7) is 0.208. The van der Waals surface area contributed by atoms with Gasteiger partial charge in [-0.25, -0.2) is 29.1 Å². The molecule has 0 radical (unpaired) electrons. The Balaban J connectivity index is 0.00000193. The third-order valence-electron chi connectivity index (χ3n) is 5.13. The minimum absolute atomic E-state index is 0. The lowest BCUT2D eigenvalue weighted by Crippen LogP contribution is -3.00. The zero-order chi connectivity index (χ0) is 22.1. The lowest BCUT2D eigenvalue weighted by Gasteiger charge is -2.18. The largest absolute Gasteiger partial charge is 1.00 e. The van der Waals surface area contributed by atoms with Crippen LogP contribution in [0.25, 0.3) is 10.8 Å². The van der Waals surface area contributed by atoms with Crippen LogP contribution in [0.5, 0.6) is 5.75 Å². The monoisotopic (exact) mass is 490 g/mol. The number of amides is 1. The first kappa shape index (κ1) is 25.9. The molecule has 4 aromatic rings. The van der Waals surface area contributed by atoms with E-state index in [0.29, 0.717) is 16.3 Å². The summed E-state index contributed by atoms with van der Waals surface area (Å²) >= 11 is 0. The fourth-order valence-corrected chi connectivity index (χ4v) is 3.58. The Hall–Kier alpha value is -3.40. The van der Waals surface area contributed by atoms with Crippen LogP contribution in [-0.2, 0) is 32.0 Å². The number of halogens is 2. The number of ketones is 1. The Labute approximate surface area is 203 Å². The fourth-order valence-electron chi connectivity index (χ4n) is 3.58. The predicted molar refractivity (Wildman–Crippen MR) is 113 cm³/mol. The highest BCUT2D eigenvalue weighted by atomic mass is 35.5. The normalized spacial score (nSPS) is 10.4. The third-order valence-corrected chi connectivity index (χ3v) is 5.13. The van der Waals surface area contributed by atoms with Crippen LogP contribution in [0.1, 0.15) is 10.4 Å². The maximum Gasteiger partial charge on any atom is 0.283 e. The van der Waals surface area contributed by atoms with Gasteiger partial charge in [0, 0.05) is 10.9 Å². The van der Waals surface area contributed by atoms with E-state index < -0.39 is 5.91 Å². The van der Waals surface area contributed by atoms with E-state index in [1.165, 1.54) is 0 Å². The number of phenols is 1. The van der Waals surface area contributed by atoms with Crippen molar-refractivity contribution in [2.24, 2.45) is 19.9 Å². The van der Waals surface area contributed by atoms with Crippen molar-refractivity contribution < 1.29 is 48.6 Å². The first-order valence-corrected chi connectivity index (χ1v) is 9.71. The molecule has 0 spiro atoms. The van der Waals surface area contributed by atoms with E-state index in [1.807, 2.05) is 48.1 Å². The highest BCUT2D eigenvalue weighted by molar-refractivity contribution is 6.11.